The number of azide groups is 1. The lowest BCUT2D eigenvalue weighted by molar-refractivity contribution is -0.138. The van der Waals surface area contributed by atoms with E-state index in [1.165, 1.54) is 24.3 Å². The topological polar surface area (TPSA) is 141 Å². The summed E-state index contributed by atoms with van der Waals surface area (Å²) in [6, 6.07) is 23.0. The van der Waals surface area contributed by atoms with Crippen molar-refractivity contribution in [3.63, 3.8) is 0 Å². The first-order valence-corrected chi connectivity index (χ1v) is 15.7. The molecule has 4 aromatic rings. The molecule has 0 spiro atoms. The molecule has 10 nitrogen and oxygen atoms in total. The number of aliphatic hydroxyl groups is 1. The molecule has 4 aromatic carbocycles. The van der Waals surface area contributed by atoms with Crippen molar-refractivity contribution in [3.8, 4) is 5.75 Å². The number of alkyl halides is 3. The average Bonchev–Trinajstić information content (AvgIpc) is 3.46. The monoisotopic (exact) mass is 712 g/mol. The van der Waals surface area contributed by atoms with Gasteiger partial charge in [0.15, 0.2) is 11.6 Å². The van der Waals surface area contributed by atoms with Crippen molar-refractivity contribution in [1.29, 1.82) is 0 Å². The molecule has 0 radical (unpaired) electrons. The number of hydrogen-bond acceptors (Lipinski definition) is 7. The zero-order valence-corrected chi connectivity index (χ0v) is 27.1. The fraction of sp³-hybridized carbons (Fsp3) is 0.235. The molecule has 1 amide bonds. The largest absolute Gasteiger partial charge is 0.494 e. The van der Waals surface area contributed by atoms with Crippen LogP contribution < -0.4 is 15.6 Å². The second-order valence-corrected chi connectivity index (χ2v) is 11.8. The van der Waals surface area contributed by atoms with Gasteiger partial charge in [-0.2, -0.15) is 13.2 Å². The minimum atomic E-state index is -4.61. The smallest absolute Gasteiger partial charge is 0.416 e. The molecular formula is C34H29Cl2F3N6O4. The van der Waals surface area contributed by atoms with E-state index in [0.717, 1.165) is 6.07 Å². The number of hydrazine groups is 1. The SMILES string of the molecule is [N-]=[N+]=Nc1ccccc1C[C@]1(C(=O)NNCc2ccccc2C(F)(F)F)N=C(c2ccc(OCCCO)cc2)O[C@H]1c1ccc(Cl)cc1Cl. The van der Waals surface area contributed by atoms with E-state index in [1.807, 2.05) is 0 Å². The quantitative estimate of drug-likeness (QED) is 0.0423. The molecule has 0 saturated carbocycles. The summed E-state index contributed by atoms with van der Waals surface area (Å²) in [5, 5.41) is 13.3. The maximum atomic E-state index is 14.5. The summed E-state index contributed by atoms with van der Waals surface area (Å²) in [6.45, 7) is -0.0822. The third-order valence-electron chi connectivity index (χ3n) is 7.68. The van der Waals surface area contributed by atoms with Crippen molar-refractivity contribution in [1.82, 2.24) is 10.9 Å². The van der Waals surface area contributed by atoms with Crippen molar-refractivity contribution in [3.05, 3.63) is 139 Å². The molecule has 5 rings (SSSR count). The molecule has 15 heteroatoms. The van der Waals surface area contributed by atoms with E-state index >= 15 is 0 Å². The second-order valence-electron chi connectivity index (χ2n) is 10.9. The fourth-order valence-corrected chi connectivity index (χ4v) is 5.86. The number of aliphatic imine (C=N–C) groups is 1. The Morgan fingerprint density at radius 3 is 2.45 bits per heavy atom. The Morgan fingerprint density at radius 2 is 1.76 bits per heavy atom. The van der Waals surface area contributed by atoms with Crippen LogP contribution in [0.25, 0.3) is 10.4 Å². The molecule has 1 aliphatic heterocycles. The molecule has 49 heavy (non-hydrogen) atoms. The first-order valence-electron chi connectivity index (χ1n) is 14.9. The number of hydrogen-bond donors (Lipinski definition) is 3. The third kappa shape index (κ3) is 8.27. The fourth-order valence-electron chi connectivity index (χ4n) is 5.35. The summed E-state index contributed by atoms with van der Waals surface area (Å²) in [6.07, 6.45) is -5.52. The molecular weight excluding hydrogens is 684 g/mol. The van der Waals surface area contributed by atoms with Gasteiger partial charge in [0, 0.05) is 57.8 Å². The van der Waals surface area contributed by atoms with Gasteiger partial charge in [-0.1, -0.05) is 76.8 Å². The van der Waals surface area contributed by atoms with Crippen LogP contribution in [-0.2, 0) is 28.7 Å². The van der Waals surface area contributed by atoms with E-state index in [1.54, 1.807) is 60.7 Å². The minimum absolute atomic E-state index is 0.0198. The highest BCUT2D eigenvalue weighted by molar-refractivity contribution is 6.35. The Bertz CT molecular complexity index is 1890. The normalized spacial score (nSPS) is 17.1. The van der Waals surface area contributed by atoms with Crippen LogP contribution >= 0.6 is 23.2 Å². The van der Waals surface area contributed by atoms with E-state index in [9.17, 15) is 23.5 Å². The zero-order valence-electron chi connectivity index (χ0n) is 25.6. The summed E-state index contributed by atoms with van der Waals surface area (Å²) in [4.78, 5) is 22.2. The first kappa shape index (κ1) is 35.5. The van der Waals surface area contributed by atoms with Gasteiger partial charge in [-0.25, -0.2) is 10.4 Å². The van der Waals surface area contributed by atoms with Gasteiger partial charge < -0.3 is 14.6 Å². The second kappa shape index (κ2) is 15.6. The van der Waals surface area contributed by atoms with E-state index in [-0.39, 0.29) is 41.7 Å². The minimum Gasteiger partial charge on any atom is -0.494 e. The molecule has 0 bridgehead atoms. The van der Waals surface area contributed by atoms with Crippen LogP contribution in [0.15, 0.2) is 101 Å². The molecule has 0 unspecified atom stereocenters. The van der Waals surface area contributed by atoms with Crippen LogP contribution in [0.2, 0.25) is 10.0 Å². The van der Waals surface area contributed by atoms with Gasteiger partial charge >= 0.3 is 6.18 Å². The van der Waals surface area contributed by atoms with E-state index < -0.39 is 29.3 Å². The maximum absolute atomic E-state index is 14.5. The predicted molar refractivity (Wildman–Crippen MR) is 179 cm³/mol. The molecule has 0 saturated heterocycles. The number of nitrogens with one attached hydrogen (secondary N) is 2. The predicted octanol–water partition coefficient (Wildman–Crippen LogP) is 8.04. The average molecular weight is 714 g/mol. The van der Waals surface area contributed by atoms with Gasteiger partial charge in [-0.15, -0.1) is 0 Å². The number of rotatable bonds is 13. The molecule has 1 heterocycles. The standard InChI is InChI=1S/C34H29Cl2F3N6O4/c35-24-12-15-26(28(36)18-24)30-33(19-22-6-2-4-9-29(22)43-45-40,32(47)44-41-20-23-7-1-3-8-27(23)34(37,38)39)42-31(49-30)21-10-13-25(14-11-21)48-17-5-16-46/h1-4,6-15,18,30,41,46H,5,16-17,19-20H2,(H,44,47)/t30-,33-/m0/s1. The Balaban J connectivity index is 1.58. The lowest BCUT2D eigenvalue weighted by Crippen LogP contribution is -2.53. The molecule has 0 fully saturated rings. The van der Waals surface area contributed by atoms with Gasteiger partial charge in [-0.05, 0) is 59.1 Å². The Kier molecular flexibility index (Phi) is 11.3. The van der Waals surface area contributed by atoms with Crippen molar-refractivity contribution < 1.29 is 32.5 Å². The van der Waals surface area contributed by atoms with Gasteiger partial charge in [0.25, 0.3) is 5.91 Å². The van der Waals surface area contributed by atoms with Crippen LogP contribution in [-0.4, -0.2) is 35.7 Å². The number of benzene rings is 4. The molecule has 0 aliphatic carbocycles. The zero-order chi connectivity index (χ0) is 35.0. The summed E-state index contributed by atoms with van der Waals surface area (Å²) in [7, 11) is 0. The van der Waals surface area contributed by atoms with Crippen molar-refractivity contribution >= 4 is 40.7 Å². The number of amides is 1. The lowest BCUT2D eigenvalue weighted by atomic mass is 9.81. The van der Waals surface area contributed by atoms with Crippen molar-refractivity contribution in [2.75, 3.05) is 13.2 Å². The number of aliphatic hydroxyl groups excluding tert-OH is 1. The number of carbonyl (C=O) groups excluding carboxylic acids is 1. The van der Waals surface area contributed by atoms with E-state index in [0.29, 0.717) is 40.5 Å². The third-order valence-corrected chi connectivity index (χ3v) is 8.24. The number of halogens is 5. The van der Waals surface area contributed by atoms with Gasteiger partial charge in [0.1, 0.15) is 5.75 Å². The van der Waals surface area contributed by atoms with Crippen molar-refractivity contribution in [2.45, 2.75) is 37.2 Å². The molecule has 3 N–H and O–H groups in total. The van der Waals surface area contributed by atoms with Crippen LogP contribution in [0.1, 0.15) is 40.3 Å². The molecule has 2 atom stereocenters. The van der Waals surface area contributed by atoms with Gasteiger partial charge in [0.2, 0.25) is 5.90 Å². The Labute approximate surface area is 289 Å². The van der Waals surface area contributed by atoms with Gasteiger partial charge in [-0.3, -0.25) is 10.2 Å². The highest BCUT2D eigenvalue weighted by atomic mass is 35.5. The maximum Gasteiger partial charge on any atom is 0.416 e. The highest BCUT2D eigenvalue weighted by Gasteiger charge is 2.54. The van der Waals surface area contributed by atoms with Crippen LogP contribution in [0.5, 0.6) is 5.75 Å². The lowest BCUT2D eigenvalue weighted by Gasteiger charge is -2.31. The van der Waals surface area contributed by atoms with E-state index in [2.05, 4.69) is 20.9 Å². The summed E-state index contributed by atoms with van der Waals surface area (Å²) in [5.41, 5.74) is 13.1. The number of carbonyl (C=O) groups is 1. The number of ether oxygens (including phenoxy) is 2. The molecule has 1 aliphatic rings. The van der Waals surface area contributed by atoms with Crippen molar-refractivity contribution in [2.24, 2.45) is 10.1 Å². The van der Waals surface area contributed by atoms with Gasteiger partial charge in [0.05, 0.1) is 12.2 Å². The summed E-state index contributed by atoms with van der Waals surface area (Å²) in [5.74, 6) is -0.164. The molecule has 254 valence electrons. The highest BCUT2D eigenvalue weighted by Crippen LogP contribution is 2.46. The van der Waals surface area contributed by atoms with E-state index in [4.69, 9.17) is 42.8 Å². The number of nitrogens with zero attached hydrogens (tertiary/aromatic N) is 4. The Morgan fingerprint density at radius 1 is 1.04 bits per heavy atom. The molecule has 0 aromatic heterocycles. The van der Waals surface area contributed by atoms with Crippen LogP contribution in [0.4, 0.5) is 18.9 Å². The van der Waals surface area contributed by atoms with Crippen LogP contribution in [0.3, 0.4) is 0 Å². The van der Waals surface area contributed by atoms with Crippen LogP contribution in [0, 0.1) is 0 Å². The first-order chi connectivity index (χ1) is 23.6. The Hall–Kier alpha value is -4.78. The summed E-state index contributed by atoms with van der Waals surface area (Å²) >= 11 is 12.9. The summed E-state index contributed by atoms with van der Waals surface area (Å²) < 4.78 is 53.1.